The van der Waals surface area contributed by atoms with Crippen molar-refractivity contribution in [3.8, 4) is 6.07 Å². The summed E-state index contributed by atoms with van der Waals surface area (Å²) in [4.78, 5) is 3.91. The van der Waals surface area contributed by atoms with E-state index >= 15 is 0 Å². The van der Waals surface area contributed by atoms with E-state index in [4.69, 9.17) is 5.26 Å². The van der Waals surface area contributed by atoms with Gasteiger partial charge in [-0.2, -0.15) is 5.26 Å². The van der Waals surface area contributed by atoms with Crippen LogP contribution in [0.3, 0.4) is 0 Å². The summed E-state index contributed by atoms with van der Waals surface area (Å²) in [6, 6.07) is 10.4. The number of nitrogens with zero attached hydrogens (tertiary/aromatic N) is 3. The van der Waals surface area contributed by atoms with Gasteiger partial charge in [0.05, 0.1) is 15.9 Å². The van der Waals surface area contributed by atoms with E-state index in [1.807, 2.05) is 6.92 Å². The monoisotopic (exact) mass is 315 g/mol. The summed E-state index contributed by atoms with van der Waals surface area (Å²) in [6.07, 6.45) is 1.30. The molecule has 7 heteroatoms. The number of halogens is 1. The molecule has 0 radical (unpaired) electrons. The first kappa shape index (κ1) is 14.2. The molecule has 0 saturated heterocycles. The van der Waals surface area contributed by atoms with Crippen LogP contribution in [0.4, 0.5) is 4.39 Å². The summed E-state index contributed by atoms with van der Waals surface area (Å²) in [6.45, 7) is 1.85. The SMILES string of the molecule is Cc1ccc(S(=O)(=O)n2ccc3nc(C#N)c(F)cc32)cc1. The highest BCUT2D eigenvalue weighted by atomic mass is 32.2. The largest absolute Gasteiger partial charge is 0.268 e. The molecule has 0 unspecified atom stereocenters. The number of aryl methyl sites for hydroxylation is 1. The summed E-state index contributed by atoms with van der Waals surface area (Å²) < 4.78 is 40.0. The van der Waals surface area contributed by atoms with Gasteiger partial charge in [-0.25, -0.2) is 21.8 Å². The molecule has 0 fully saturated rings. The second kappa shape index (κ2) is 4.93. The third kappa shape index (κ3) is 2.14. The van der Waals surface area contributed by atoms with Crippen molar-refractivity contribution in [1.29, 1.82) is 5.26 Å². The smallest absolute Gasteiger partial charge is 0.239 e. The number of hydrogen-bond donors (Lipinski definition) is 0. The van der Waals surface area contributed by atoms with Crippen LogP contribution in [0, 0.1) is 24.1 Å². The maximum atomic E-state index is 13.7. The average Bonchev–Trinajstić information content (AvgIpc) is 2.90. The Kier molecular flexibility index (Phi) is 3.19. The van der Waals surface area contributed by atoms with Crippen LogP contribution in [-0.2, 0) is 10.0 Å². The van der Waals surface area contributed by atoms with Gasteiger partial charge < -0.3 is 0 Å². The van der Waals surface area contributed by atoms with Crippen LogP contribution in [-0.4, -0.2) is 17.4 Å². The maximum Gasteiger partial charge on any atom is 0.268 e. The molecule has 5 nitrogen and oxygen atoms in total. The van der Waals surface area contributed by atoms with Crippen LogP contribution in [0.2, 0.25) is 0 Å². The lowest BCUT2D eigenvalue weighted by Gasteiger charge is -2.08. The summed E-state index contributed by atoms with van der Waals surface area (Å²) in [5.41, 5.74) is 0.909. The summed E-state index contributed by atoms with van der Waals surface area (Å²) in [7, 11) is -3.85. The molecule has 0 aliphatic heterocycles. The van der Waals surface area contributed by atoms with Gasteiger partial charge in [0.2, 0.25) is 0 Å². The highest BCUT2D eigenvalue weighted by molar-refractivity contribution is 7.90. The Morgan fingerprint density at radius 1 is 1.23 bits per heavy atom. The van der Waals surface area contributed by atoms with Crippen molar-refractivity contribution in [3.63, 3.8) is 0 Å². The molecule has 0 bridgehead atoms. The highest BCUT2D eigenvalue weighted by Crippen LogP contribution is 2.23. The standard InChI is InChI=1S/C15H10FN3O2S/c1-10-2-4-11(5-3-10)22(20,21)19-7-6-13-15(19)8-12(16)14(9-17)18-13/h2-8H,1H3. The van der Waals surface area contributed by atoms with Gasteiger partial charge in [-0.3, -0.25) is 0 Å². The number of hydrogen-bond acceptors (Lipinski definition) is 4. The molecule has 0 saturated carbocycles. The Hall–Kier alpha value is -2.72. The lowest BCUT2D eigenvalue weighted by atomic mass is 10.2. The normalized spacial score (nSPS) is 11.5. The molecule has 2 heterocycles. The van der Waals surface area contributed by atoms with Gasteiger partial charge in [0, 0.05) is 12.3 Å². The first-order chi connectivity index (χ1) is 10.4. The van der Waals surface area contributed by atoms with E-state index in [0.717, 1.165) is 15.6 Å². The number of benzene rings is 1. The van der Waals surface area contributed by atoms with Gasteiger partial charge in [0.1, 0.15) is 6.07 Å². The molecular formula is C15H10FN3O2S. The average molecular weight is 315 g/mol. The number of aromatic nitrogens is 2. The number of pyridine rings is 1. The molecule has 3 rings (SSSR count). The minimum Gasteiger partial charge on any atom is -0.239 e. The van der Waals surface area contributed by atoms with Crippen LogP contribution in [0.1, 0.15) is 11.3 Å². The minimum absolute atomic E-state index is 0.0945. The van der Waals surface area contributed by atoms with E-state index in [9.17, 15) is 12.8 Å². The van der Waals surface area contributed by atoms with Crippen molar-refractivity contribution in [2.45, 2.75) is 11.8 Å². The van der Waals surface area contributed by atoms with Crippen LogP contribution in [0.25, 0.3) is 11.0 Å². The maximum absolute atomic E-state index is 13.7. The van der Waals surface area contributed by atoms with Crippen LogP contribution >= 0.6 is 0 Å². The molecule has 1 aromatic carbocycles. The van der Waals surface area contributed by atoms with Crippen molar-refractivity contribution in [2.75, 3.05) is 0 Å². The fourth-order valence-electron chi connectivity index (χ4n) is 2.12. The first-order valence-corrected chi connectivity index (χ1v) is 7.77. The quantitative estimate of drug-likeness (QED) is 0.728. The molecular weight excluding hydrogens is 305 g/mol. The second-order valence-corrected chi connectivity index (χ2v) is 6.58. The summed E-state index contributed by atoms with van der Waals surface area (Å²) in [5.74, 6) is -0.853. The molecule has 0 amide bonds. The van der Waals surface area contributed by atoms with Crippen LogP contribution in [0.5, 0.6) is 0 Å². The van der Waals surface area contributed by atoms with Gasteiger partial charge in [0.25, 0.3) is 10.0 Å². The zero-order valence-corrected chi connectivity index (χ0v) is 12.3. The fraction of sp³-hybridized carbons (Fsp3) is 0.0667. The lowest BCUT2D eigenvalue weighted by molar-refractivity contribution is 0.588. The highest BCUT2D eigenvalue weighted by Gasteiger charge is 2.20. The zero-order valence-electron chi connectivity index (χ0n) is 11.5. The lowest BCUT2D eigenvalue weighted by Crippen LogP contribution is -2.12. The number of nitriles is 1. The van der Waals surface area contributed by atoms with E-state index in [1.165, 1.54) is 24.4 Å². The van der Waals surface area contributed by atoms with Gasteiger partial charge in [0.15, 0.2) is 11.5 Å². The number of fused-ring (bicyclic) bond motifs is 1. The Morgan fingerprint density at radius 2 is 1.91 bits per heavy atom. The summed E-state index contributed by atoms with van der Waals surface area (Å²) >= 11 is 0. The van der Waals surface area contributed by atoms with Crippen molar-refractivity contribution >= 4 is 21.1 Å². The van der Waals surface area contributed by atoms with Gasteiger partial charge in [-0.15, -0.1) is 0 Å². The van der Waals surface area contributed by atoms with E-state index in [1.54, 1.807) is 18.2 Å². The van der Waals surface area contributed by atoms with Gasteiger partial charge in [-0.05, 0) is 25.1 Å². The van der Waals surface area contributed by atoms with E-state index < -0.39 is 15.8 Å². The predicted molar refractivity (Wildman–Crippen MR) is 78.2 cm³/mol. The van der Waals surface area contributed by atoms with Crippen molar-refractivity contribution in [3.05, 3.63) is 59.7 Å². The third-order valence-electron chi connectivity index (χ3n) is 3.27. The Labute approximate surface area is 126 Å². The second-order valence-electron chi connectivity index (χ2n) is 4.76. The Balaban J connectivity index is 2.24. The molecule has 3 aromatic rings. The van der Waals surface area contributed by atoms with E-state index in [0.29, 0.717) is 0 Å². The molecule has 0 aliphatic rings. The molecule has 2 aromatic heterocycles. The topological polar surface area (TPSA) is 75.8 Å². The van der Waals surface area contributed by atoms with Crippen molar-refractivity contribution in [2.24, 2.45) is 0 Å². The predicted octanol–water partition coefficient (Wildman–Crippen LogP) is 2.59. The van der Waals surface area contributed by atoms with Crippen molar-refractivity contribution < 1.29 is 12.8 Å². The molecule has 22 heavy (non-hydrogen) atoms. The number of rotatable bonds is 2. The van der Waals surface area contributed by atoms with Crippen molar-refractivity contribution in [1.82, 2.24) is 8.96 Å². The molecule has 0 N–H and O–H groups in total. The molecule has 110 valence electrons. The fourth-order valence-corrected chi connectivity index (χ4v) is 3.46. The molecule has 0 spiro atoms. The Morgan fingerprint density at radius 3 is 2.55 bits per heavy atom. The zero-order chi connectivity index (χ0) is 15.9. The summed E-state index contributed by atoms with van der Waals surface area (Å²) in [5, 5.41) is 8.77. The van der Waals surface area contributed by atoms with Gasteiger partial charge in [-0.1, -0.05) is 17.7 Å². The van der Waals surface area contributed by atoms with E-state index in [-0.39, 0.29) is 21.6 Å². The minimum atomic E-state index is -3.85. The first-order valence-electron chi connectivity index (χ1n) is 6.33. The Bertz CT molecular complexity index is 1020. The van der Waals surface area contributed by atoms with E-state index in [2.05, 4.69) is 4.98 Å². The van der Waals surface area contributed by atoms with Crippen LogP contribution < -0.4 is 0 Å². The molecule has 0 atom stereocenters. The molecule has 0 aliphatic carbocycles. The van der Waals surface area contributed by atoms with Crippen LogP contribution in [0.15, 0.2) is 47.5 Å². The third-order valence-corrected chi connectivity index (χ3v) is 4.98. The van der Waals surface area contributed by atoms with Gasteiger partial charge >= 0.3 is 0 Å².